The molecular weight excluding hydrogens is 196 g/mol. The molecule has 1 fully saturated rings. The number of hydrazone groups is 1. The van der Waals surface area contributed by atoms with Crippen LogP contribution in [0.1, 0.15) is 33.1 Å². The molecule has 0 bridgehead atoms. The highest BCUT2D eigenvalue weighted by Crippen LogP contribution is 2.31. The molecule has 1 amide bonds. The number of methoxy groups -OCH3 is 1. The molecule has 0 heterocycles. The van der Waals surface area contributed by atoms with Gasteiger partial charge in [0.05, 0.1) is 7.11 Å². The zero-order valence-corrected chi connectivity index (χ0v) is 9.29. The van der Waals surface area contributed by atoms with Crippen LogP contribution in [-0.4, -0.2) is 24.7 Å². The zero-order valence-electron chi connectivity index (χ0n) is 9.29. The maximum atomic E-state index is 11.4. The highest BCUT2D eigenvalue weighted by atomic mass is 16.5. The number of nitrogens with one attached hydrogen (secondary N) is 1. The average molecular weight is 212 g/mol. The van der Waals surface area contributed by atoms with E-state index in [0.717, 1.165) is 6.42 Å². The molecule has 0 aliphatic heterocycles. The summed E-state index contributed by atoms with van der Waals surface area (Å²) in [6.45, 7) is 4.02. The fourth-order valence-electron chi connectivity index (χ4n) is 1.75. The van der Waals surface area contributed by atoms with Crippen molar-refractivity contribution in [2.24, 2.45) is 10.5 Å². The van der Waals surface area contributed by atoms with Gasteiger partial charge in [-0.05, 0) is 11.8 Å². The van der Waals surface area contributed by atoms with E-state index in [9.17, 15) is 9.59 Å². The first-order valence-electron chi connectivity index (χ1n) is 4.84. The summed E-state index contributed by atoms with van der Waals surface area (Å²) in [4.78, 5) is 22.2. The van der Waals surface area contributed by atoms with Gasteiger partial charge in [0.25, 0.3) is 0 Å². The summed E-state index contributed by atoms with van der Waals surface area (Å²) in [6, 6.07) is 0. The van der Waals surface area contributed by atoms with Crippen LogP contribution in [0.15, 0.2) is 5.10 Å². The number of ketones is 1. The Labute approximate surface area is 88.9 Å². The monoisotopic (exact) mass is 212 g/mol. The van der Waals surface area contributed by atoms with Gasteiger partial charge in [-0.2, -0.15) is 5.10 Å². The van der Waals surface area contributed by atoms with E-state index in [1.807, 2.05) is 13.8 Å². The van der Waals surface area contributed by atoms with Crippen LogP contribution < -0.4 is 5.43 Å². The lowest BCUT2D eigenvalue weighted by atomic mass is 9.76. The molecule has 1 aliphatic rings. The zero-order chi connectivity index (χ0) is 11.5. The molecule has 0 unspecified atom stereocenters. The highest BCUT2D eigenvalue weighted by molar-refractivity contribution is 6.04. The van der Waals surface area contributed by atoms with Crippen LogP contribution in [0.2, 0.25) is 0 Å². The number of nitrogens with zero attached hydrogens (tertiary/aromatic N) is 1. The minimum Gasteiger partial charge on any atom is -0.452 e. The molecule has 0 aromatic rings. The Kier molecular flexibility index (Phi) is 3.44. The molecule has 1 saturated carbocycles. The van der Waals surface area contributed by atoms with E-state index in [1.165, 1.54) is 7.11 Å². The minimum absolute atomic E-state index is 0.0635. The second-order valence-electron chi connectivity index (χ2n) is 4.51. The van der Waals surface area contributed by atoms with Crippen molar-refractivity contribution in [2.45, 2.75) is 33.1 Å². The summed E-state index contributed by atoms with van der Waals surface area (Å²) in [5.41, 5.74) is 2.88. The van der Waals surface area contributed by atoms with Crippen LogP contribution in [0.4, 0.5) is 4.79 Å². The van der Waals surface area contributed by atoms with Crippen LogP contribution in [-0.2, 0) is 9.53 Å². The molecule has 1 N–H and O–H groups in total. The second-order valence-corrected chi connectivity index (χ2v) is 4.51. The Hall–Kier alpha value is -1.39. The van der Waals surface area contributed by atoms with Gasteiger partial charge in [-0.1, -0.05) is 13.8 Å². The standard InChI is InChI=1S/C10H16N2O3/c1-10(2)5-7(4-8(13)6-10)11-12-9(14)15-3/h4-6H2,1-3H3,(H,12,14)/b11-7-. The molecule has 0 saturated heterocycles. The number of hydrogen-bond acceptors (Lipinski definition) is 4. The lowest BCUT2D eigenvalue weighted by molar-refractivity contribution is -0.120. The van der Waals surface area contributed by atoms with E-state index < -0.39 is 6.09 Å². The minimum atomic E-state index is -0.613. The van der Waals surface area contributed by atoms with Crippen LogP contribution in [0, 0.1) is 5.41 Å². The Bertz CT molecular complexity index is 308. The third-order valence-electron chi connectivity index (χ3n) is 2.25. The normalized spacial score (nSPS) is 22.6. The van der Waals surface area contributed by atoms with Crippen LogP contribution in [0.3, 0.4) is 0 Å². The Morgan fingerprint density at radius 2 is 2.13 bits per heavy atom. The number of rotatable bonds is 1. The Morgan fingerprint density at radius 1 is 1.47 bits per heavy atom. The number of carbonyl (C=O) groups is 2. The molecule has 1 rings (SSSR count). The summed E-state index contributed by atoms with van der Waals surface area (Å²) in [6.07, 6.45) is 1.01. The molecule has 0 aromatic heterocycles. The van der Waals surface area contributed by atoms with Gasteiger partial charge in [-0.3, -0.25) is 4.79 Å². The lowest BCUT2D eigenvalue weighted by Gasteiger charge is -2.28. The van der Waals surface area contributed by atoms with Crippen LogP contribution in [0.5, 0.6) is 0 Å². The fraction of sp³-hybridized carbons (Fsp3) is 0.700. The maximum Gasteiger partial charge on any atom is 0.427 e. The SMILES string of the molecule is COC(=O)N/N=C1/CC(=O)CC(C)(C)C1. The largest absolute Gasteiger partial charge is 0.452 e. The molecule has 5 heteroatoms. The van der Waals surface area contributed by atoms with Crippen molar-refractivity contribution in [3.8, 4) is 0 Å². The van der Waals surface area contributed by atoms with Crippen molar-refractivity contribution in [2.75, 3.05) is 7.11 Å². The van der Waals surface area contributed by atoms with Gasteiger partial charge in [0, 0.05) is 18.6 Å². The molecule has 0 spiro atoms. The lowest BCUT2D eigenvalue weighted by Crippen LogP contribution is -2.31. The van der Waals surface area contributed by atoms with Gasteiger partial charge in [0.15, 0.2) is 0 Å². The molecule has 0 aromatic carbocycles. The number of ether oxygens (including phenoxy) is 1. The van der Waals surface area contributed by atoms with Gasteiger partial charge >= 0.3 is 6.09 Å². The average Bonchev–Trinajstić information content (AvgIpc) is 2.11. The summed E-state index contributed by atoms with van der Waals surface area (Å²) >= 11 is 0. The smallest absolute Gasteiger partial charge is 0.427 e. The van der Waals surface area contributed by atoms with Crippen LogP contribution in [0.25, 0.3) is 0 Å². The number of Topliss-reactive ketones (excluding diaryl/α,β-unsaturated/α-hetero) is 1. The van der Waals surface area contributed by atoms with Crippen molar-refractivity contribution in [3.05, 3.63) is 0 Å². The third-order valence-corrected chi connectivity index (χ3v) is 2.25. The van der Waals surface area contributed by atoms with Gasteiger partial charge in [0.2, 0.25) is 0 Å². The first kappa shape index (κ1) is 11.7. The summed E-state index contributed by atoms with van der Waals surface area (Å²) in [5.74, 6) is 0.164. The quantitative estimate of drug-likeness (QED) is 0.669. The second kappa shape index (κ2) is 4.42. The van der Waals surface area contributed by atoms with Crippen molar-refractivity contribution < 1.29 is 14.3 Å². The summed E-state index contributed by atoms with van der Waals surface area (Å²) < 4.78 is 4.38. The molecular formula is C10H16N2O3. The topological polar surface area (TPSA) is 67.8 Å². The number of carbonyl (C=O) groups excluding carboxylic acids is 2. The molecule has 0 radical (unpaired) electrons. The summed E-state index contributed by atoms with van der Waals surface area (Å²) in [5, 5.41) is 3.87. The first-order valence-corrected chi connectivity index (χ1v) is 4.84. The highest BCUT2D eigenvalue weighted by Gasteiger charge is 2.30. The van der Waals surface area contributed by atoms with Crippen molar-refractivity contribution in [1.82, 2.24) is 5.43 Å². The predicted octanol–water partition coefficient (Wildman–Crippen LogP) is 1.48. The molecule has 1 aliphatic carbocycles. The molecule has 5 nitrogen and oxygen atoms in total. The fourth-order valence-corrected chi connectivity index (χ4v) is 1.75. The maximum absolute atomic E-state index is 11.4. The van der Waals surface area contributed by atoms with E-state index >= 15 is 0 Å². The van der Waals surface area contributed by atoms with Gasteiger partial charge in [0.1, 0.15) is 5.78 Å². The van der Waals surface area contributed by atoms with Crippen molar-refractivity contribution in [1.29, 1.82) is 0 Å². The van der Waals surface area contributed by atoms with Crippen molar-refractivity contribution >= 4 is 17.6 Å². The number of amides is 1. The van der Waals surface area contributed by atoms with Crippen LogP contribution >= 0.6 is 0 Å². The van der Waals surface area contributed by atoms with Gasteiger partial charge in [-0.25, -0.2) is 10.2 Å². The van der Waals surface area contributed by atoms with E-state index in [2.05, 4.69) is 15.3 Å². The van der Waals surface area contributed by atoms with E-state index in [4.69, 9.17) is 0 Å². The summed E-state index contributed by atoms with van der Waals surface area (Å²) in [7, 11) is 1.27. The van der Waals surface area contributed by atoms with E-state index in [1.54, 1.807) is 0 Å². The van der Waals surface area contributed by atoms with E-state index in [-0.39, 0.29) is 11.2 Å². The Balaban J connectivity index is 2.62. The Morgan fingerprint density at radius 3 is 2.67 bits per heavy atom. The molecule has 0 atom stereocenters. The van der Waals surface area contributed by atoms with E-state index in [0.29, 0.717) is 18.6 Å². The van der Waals surface area contributed by atoms with Crippen molar-refractivity contribution in [3.63, 3.8) is 0 Å². The molecule has 15 heavy (non-hydrogen) atoms. The van der Waals surface area contributed by atoms with Gasteiger partial charge in [-0.15, -0.1) is 0 Å². The molecule has 84 valence electrons. The third kappa shape index (κ3) is 3.69. The first-order chi connectivity index (χ1) is 6.93. The number of hydrogen-bond donors (Lipinski definition) is 1. The van der Waals surface area contributed by atoms with Gasteiger partial charge < -0.3 is 4.74 Å². The predicted molar refractivity (Wildman–Crippen MR) is 55.6 cm³/mol.